The van der Waals surface area contributed by atoms with E-state index in [9.17, 15) is 14.7 Å². The Labute approximate surface area is 141 Å². The highest BCUT2D eigenvalue weighted by Crippen LogP contribution is 2.34. The lowest BCUT2D eigenvalue weighted by molar-refractivity contribution is -0.136. The van der Waals surface area contributed by atoms with Gasteiger partial charge in [0.1, 0.15) is 5.75 Å². The van der Waals surface area contributed by atoms with Gasteiger partial charge in [-0.15, -0.1) is 0 Å². The smallest absolute Gasteiger partial charge is 0.307 e. The average Bonchev–Trinajstić information content (AvgIpc) is 2.80. The lowest BCUT2D eigenvalue weighted by Gasteiger charge is -2.07. The lowest BCUT2D eigenvalue weighted by atomic mass is 10.1. The number of phenols is 1. The van der Waals surface area contributed by atoms with E-state index >= 15 is 0 Å². The summed E-state index contributed by atoms with van der Waals surface area (Å²) in [5.74, 6) is -1.51. The number of carboxylic acids is 1. The topological polar surface area (TPSA) is 92.4 Å². The first-order valence-electron chi connectivity index (χ1n) is 7.09. The summed E-state index contributed by atoms with van der Waals surface area (Å²) in [5, 5.41) is 19.6. The third-order valence-electron chi connectivity index (χ3n) is 3.86. The molecular formula is C17H13ClN2O4. The largest absolute Gasteiger partial charge is 0.506 e. The van der Waals surface area contributed by atoms with Gasteiger partial charge in [0.2, 0.25) is 0 Å². The zero-order chi connectivity index (χ0) is 17.4. The van der Waals surface area contributed by atoms with Crippen molar-refractivity contribution in [1.29, 1.82) is 0 Å². The first-order valence-corrected chi connectivity index (χ1v) is 7.47. The number of carboxylic acid groups (broad SMARTS) is 1. The zero-order valence-corrected chi connectivity index (χ0v) is 13.4. The summed E-state index contributed by atoms with van der Waals surface area (Å²) in [7, 11) is 0. The number of nitrogens with zero attached hydrogens (tertiary/aromatic N) is 2. The second-order valence-electron chi connectivity index (χ2n) is 5.33. The van der Waals surface area contributed by atoms with Crippen molar-refractivity contribution in [2.45, 2.75) is 13.3 Å². The van der Waals surface area contributed by atoms with Crippen LogP contribution in [0.3, 0.4) is 0 Å². The first-order chi connectivity index (χ1) is 11.4. The highest BCUT2D eigenvalue weighted by Gasteiger charge is 2.22. The Morgan fingerprint density at radius 3 is 2.54 bits per heavy atom. The van der Waals surface area contributed by atoms with Crippen LogP contribution in [-0.4, -0.2) is 31.6 Å². The van der Waals surface area contributed by atoms with Crippen LogP contribution < -0.4 is 0 Å². The molecule has 0 aliphatic carbocycles. The van der Waals surface area contributed by atoms with Crippen LogP contribution >= 0.6 is 11.6 Å². The second kappa shape index (κ2) is 5.98. The van der Waals surface area contributed by atoms with Crippen molar-refractivity contribution in [3.8, 4) is 5.75 Å². The van der Waals surface area contributed by atoms with E-state index in [-0.39, 0.29) is 23.1 Å². The van der Waals surface area contributed by atoms with Crippen LogP contribution in [-0.2, 0) is 11.2 Å². The summed E-state index contributed by atoms with van der Waals surface area (Å²) < 4.78 is 1.41. The molecule has 2 heterocycles. The Bertz CT molecular complexity index is 964. The number of pyridine rings is 1. The third kappa shape index (κ3) is 2.61. The molecule has 6 nitrogen and oxygen atoms in total. The minimum atomic E-state index is -1.03. The van der Waals surface area contributed by atoms with Gasteiger partial charge in [0.25, 0.3) is 5.91 Å². The number of phenolic OH excluding ortho intramolecular Hbond substituents is 1. The van der Waals surface area contributed by atoms with Crippen LogP contribution in [0.5, 0.6) is 5.75 Å². The number of carbonyl (C=O) groups excluding carboxylic acids is 1. The Morgan fingerprint density at radius 2 is 1.92 bits per heavy atom. The van der Waals surface area contributed by atoms with Gasteiger partial charge in [0.15, 0.2) is 0 Å². The monoisotopic (exact) mass is 344 g/mol. The van der Waals surface area contributed by atoms with Crippen LogP contribution in [0.4, 0.5) is 0 Å². The highest BCUT2D eigenvalue weighted by atomic mass is 35.5. The molecule has 0 amide bonds. The molecule has 0 bridgehead atoms. The van der Waals surface area contributed by atoms with Crippen LogP contribution in [0.15, 0.2) is 36.7 Å². The number of hydrogen-bond donors (Lipinski definition) is 2. The maximum atomic E-state index is 12.9. The standard InChI is InChI=1S/C17H13ClN2O4/c1-9-11(7-16(22)23)12-6-15(21)13(18)8-14(12)20(9)17(24)10-2-4-19-5-3-10/h2-6,8,21H,7H2,1H3,(H,22,23). The third-order valence-corrected chi connectivity index (χ3v) is 4.16. The molecule has 0 spiro atoms. The number of fused-ring (bicyclic) bond motifs is 1. The summed E-state index contributed by atoms with van der Waals surface area (Å²) in [6, 6.07) is 6.00. The molecule has 0 radical (unpaired) electrons. The quantitative estimate of drug-likeness (QED) is 0.762. The van der Waals surface area contributed by atoms with Gasteiger partial charge >= 0.3 is 5.97 Å². The lowest BCUT2D eigenvalue weighted by Crippen LogP contribution is -2.14. The van der Waals surface area contributed by atoms with Crippen LogP contribution in [0.1, 0.15) is 21.6 Å². The summed E-state index contributed by atoms with van der Waals surface area (Å²) in [6.45, 7) is 1.67. The van der Waals surface area contributed by atoms with Gasteiger partial charge in [-0.1, -0.05) is 11.6 Å². The second-order valence-corrected chi connectivity index (χ2v) is 5.74. The number of aliphatic carboxylic acids is 1. The van der Waals surface area contributed by atoms with E-state index in [1.165, 1.54) is 29.1 Å². The molecule has 0 saturated carbocycles. The van der Waals surface area contributed by atoms with Gasteiger partial charge in [-0.25, -0.2) is 0 Å². The zero-order valence-electron chi connectivity index (χ0n) is 12.7. The molecule has 0 saturated heterocycles. The van der Waals surface area contributed by atoms with E-state index in [2.05, 4.69) is 4.98 Å². The Kier molecular flexibility index (Phi) is 3.99. The minimum absolute atomic E-state index is 0.0886. The summed E-state index contributed by atoms with van der Waals surface area (Å²) in [6.07, 6.45) is 2.75. The predicted octanol–water partition coefficient (Wildman–Crippen LogP) is 3.02. The molecule has 24 heavy (non-hydrogen) atoms. The van der Waals surface area contributed by atoms with Crippen molar-refractivity contribution < 1.29 is 19.8 Å². The molecule has 2 N–H and O–H groups in total. The molecular weight excluding hydrogens is 332 g/mol. The van der Waals surface area contributed by atoms with Crippen molar-refractivity contribution in [3.05, 3.63) is 58.5 Å². The molecule has 0 fully saturated rings. The van der Waals surface area contributed by atoms with Crippen LogP contribution in [0, 0.1) is 6.92 Å². The van der Waals surface area contributed by atoms with Gasteiger partial charge in [-0.3, -0.25) is 19.1 Å². The number of rotatable bonds is 3. The van der Waals surface area contributed by atoms with Gasteiger partial charge in [0.05, 0.1) is 17.0 Å². The van der Waals surface area contributed by atoms with E-state index in [1.54, 1.807) is 19.1 Å². The molecule has 3 aromatic rings. The molecule has 122 valence electrons. The Balaban J connectivity index is 2.31. The van der Waals surface area contributed by atoms with E-state index in [1.807, 2.05) is 0 Å². The molecule has 0 aliphatic heterocycles. The number of hydrogen-bond acceptors (Lipinski definition) is 4. The number of carbonyl (C=O) groups is 2. The van der Waals surface area contributed by atoms with Crippen LogP contribution in [0.2, 0.25) is 5.02 Å². The molecule has 7 heteroatoms. The SMILES string of the molecule is Cc1c(CC(=O)O)c2cc(O)c(Cl)cc2n1C(=O)c1ccncc1. The molecule has 0 unspecified atom stereocenters. The molecule has 1 aromatic carbocycles. The maximum absolute atomic E-state index is 12.9. The van der Waals surface area contributed by atoms with Crippen molar-refractivity contribution in [2.24, 2.45) is 0 Å². The van der Waals surface area contributed by atoms with E-state index in [0.29, 0.717) is 27.7 Å². The van der Waals surface area contributed by atoms with Crippen LogP contribution in [0.25, 0.3) is 10.9 Å². The van der Waals surface area contributed by atoms with E-state index < -0.39 is 5.97 Å². The summed E-state index contributed by atoms with van der Waals surface area (Å²) in [5.41, 5.74) is 1.83. The van der Waals surface area contributed by atoms with Crippen molar-refractivity contribution in [1.82, 2.24) is 9.55 Å². The van der Waals surface area contributed by atoms with Crippen molar-refractivity contribution in [3.63, 3.8) is 0 Å². The molecule has 2 aromatic heterocycles. The maximum Gasteiger partial charge on any atom is 0.307 e. The molecule has 0 atom stereocenters. The Hall–Kier alpha value is -2.86. The average molecular weight is 345 g/mol. The summed E-state index contributed by atoms with van der Waals surface area (Å²) >= 11 is 5.98. The normalized spacial score (nSPS) is 10.9. The van der Waals surface area contributed by atoms with Gasteiger partial charge in [-0.05, 0) is 36.8 Å². The number of halogens is 1. The first kappa shape index (κ1) is 16.0. The number of aromatic nitrogens is 2. The highest BCUT2D eigenvalue weighted by molar-refractivity contribution is 6.33. The predicted molar refractivity (Wildman–Crippen MR) is 88.7 cm³/mol. The van der Waals surface area contributed by atoms with E-state index in [0.717, 1.165) is 0 Å². The fourth-order valence-electron chi connectivity index (χ4n) is 2.75. The molecule has 3 rings (SSSR count). The summed E-state index contributed by atoms with van der Waals surface area (Å²) in [4.78, 5) is 27.9. The van der Waals surface area contributed by atoms with Gasteiger partial charge in [-0.2, -0.15) is 0 Å². The fourth-order valence-corrected chi connectivity index (χ4v) is 2.91. The van der Waals surface area contributed by atoms with Crippen molar-refractivity contribution >= 4 is 34.4 Å². The minimum Gasteiger partial charge on any atom is -0.506 e. The van der Waals surface area contributed by atoms with Crippen molar-refractivity contribution in [2.75, 3.05) is 0 Å². The fraction of sp³-hybridized carbons (Fsp3) is 0.118. The van der Waals surface area contributed by atoms with E-state index in [4.69, 9.17) is 16.7 Å². The number of benzene rings is 1. The molecule has 0 aliphatic rings. The van der Waals surface area contributed by atoms with Gasteiger partial charge in [0, 0.05) is 29.0 Å². The number of aromatic hydroxyl groups is 1. The van der Waals surface area contributed by atoms with Gasteiger partial charge < -0.3 is 10.2 Å². The Morgan fingerprint density at radius 1 is 1.25 bits per heavy atom.